The number of nitrogens with one attached hydrogen (secondary N) is 1. The molecule has 4 heteroatoms. The van der Waals surface area contributed by atoms with E-state index in [1.54, 1.807) is 0 Å². The minimum atomic E-state index is -0.865. The quantitative estimate of drug-likeness (QED) is 0.845. The number of hydrogen-bond acceptors (Lipinski definition) is 2. The van der Waals surface area contributed by atoms with Crippen LogP contribution in [0.4, 0.5) is 0 Å². The Morgan fingerprint density at radius 1 is 1.24 bits per heavy atom. The van der Waals surface area contributed by atoms with Crippen LogP contribution < -0.4 is 5.32 Å². The number of amides is 1. The van der Waals surface area contributed by atoms with E-state index in [1.165, 1.54) is 11.1 Å². The van der Waals surface area contributed by atoms with Crippen molar-refractivity contribution >= 4 is 11.9 Å². The molecule has 114 valence electrons. The molecule has 0 radical (unpaired) electrons. The SMILES string of the molecule is CC(C)C[C@@H](CC(=O)O)NC(=O)C1Cc2ccccc2C1. The summed E-state index contributed by atoms with van der Waals surface area (Å²) in [5, 5.41) is 11.9. The number of fused-ring (bicyclic) bond motifs is 1. The monoisotopic (exact) mass is 289 g/mol. The second-order valence-electron chi connectivity index (χ2n) is 6.31. The van der Waals surface area contributed by atoms with Crippen molar-refractivity contribution in [1.29, 1.82) is 0 Å². The topological polar surface area (TPSA) is 66.4 Å². The molecule has 0 aromatic heterocycles. The van der Waals surface area contributed by atoms with Crippen LogP contribution in [-0.4, -0.2) is 23.0 Å². The van der Waals surface area contributed by atoms with Crippen LogP contribution >= 0.6 is 0 Å². The summed E-state index contributed by atoms with van der Waals surface area (Å²) < 4.78 is 0. The molecule has 4 nitrogen and oxygen atoms in total. The van der Waals surface area contributed by atoms with E-state index in [0.29, 0.717) is 12.3 Å². The molecule has 1 aliphatic carbocycles. The summed E-state index contributed by atoms with van der Waals surface area (Å²) in [5.41, 5.74) is 2.47. The van der Waals surface area contributed by atoms with Gasteiger partial charge in [0.2, 0.25) is 5.91 Å². The predicted molar refractivity (Wildman–Crippen MR) is 81.0 cm³/mol. The Kier molecular flexibility index (Phi) is 4.99. The van der Waals surface area contributed by atoms with Gasteiger partial charge in [-0.25, -0.2) is 0 Å². The Bertz CT molecular complexity index is 500. The molecular formula is C17H23NO3. The highest BCUT2D eigenvalue weighted by Crippen LogP contribution is 2.26. The maximum absolute atomic E-state index is 12.4. The summed E-state index contributed by atoms with van der Waals surface area (Å²) >= 11 is 0. The highest BCUT2D eigenvalue weighted by atomic mass is 16.4. The summed E-state index contributed by atoms with van der Waals surface area (Å²) in [5.74, 6) is -0.588. The Hall–Kier alpha value is -1.84. The average Bonchev–Trinajstić information content (AvgIpc) is 2.80. The molecule has 1 atom stereocenters. The number of carboxylic acid groups (broad SMARTS) is 1. The van der Waals surface area contributed by atoms with Crippen molar-refractivity contribution < 1.29 is 14.7 Å². The van der Waals surface area contributed by atoms with E-state index in [0.717, 1.165) is 12.8 Å². The highest BCUT2D eigenvalue weighted by molar-refractivity contribution is 5.81. The van der Waals surface area contributed by atoms with Gasteiger partial charge in [0.1, 0.15) is 0 Å². The Balaban J connectivity index is 1.95. The normalized spacial score (nSPS) is 15.8. The Labute approximate surface area is 125 Å². The second-order valence-corrected chi connectivity index (χ2v) is 6.31. The lowest BCUT2D eigenvalue weighted by atomic mass is 9.99. The van der Waals surface area contributed by atoms with Crippen LogP contribution in [-0.2, 0) is 22.4 Å². The molecule has 0 bridgehead atoms. The molecule has 1 aromatic carbocycles. The molecule has 0 saturated carbocycles. The van der Waals surface area contributed by atoms with Crippen LogP contribution in [0.1, 0.15) is 37.8 Å². The molecule has 2 N–H and O–H groups in total. The summed E-state index contributed by atoms with van der Waals surface area (Å²) in [6.07, 6.45) is 2.19. The van der Waals surface area contributed by atoms with Gasteiger partial charge in [-0.2, -0.15) is 0 Å². The van der Waals surface area contributed by atoms with Crippen LogP contribution in [0.3, 0.4) is 0 Å². The number of hydrogen-bond donors (Lipinski definition) is 2. The molecule has 0 fully saturated rings. The maximum Gasteiger partial charge on any atom is 0.305 e. The Morgan fingerprint density at radius 3 is 2.29 bits per heavy atom. The van der Waals surface area contributed by atoms with Crippen molar-refractivity contribution in [2.24, 2.45) is 11.8 Å². The minimum Gasteiger partial charge on any atom is -0.481 e. The molecule has 0 spiro atoms. The zero-order valence-corrected chi connectivity index (χ0v) is 12.6. The van der Waals surface area contributed by atoms with Gasteiger partial charge in [-0.05, 0) is 36.3 Å². The maximum atomic E-state index is 12.4. The summed E-state index contributed by atoms with van der Waals surface area (Å²) in [6, 6.07) is 7.83. The third-order valence-corrected chi connectivity index (χ3v) is 3.95. The summed E-state index contributed by atoms with van der Waals surface area (Å²) in [4.78, 5) is 23.3. The zero-order chi connectivity index (χ0) is 15.4. The molecule has 0 heterocycles. The first kappa shape index (κ1) is 15.5. The lowest BCUT2D eigenvalue weighted by Gasteiger charge is -2.21. The smallest absolute Gasteiger partial charge is 0.305 e. The van der Waals surface area contributed by atoms with Gasteiger partial charge in [0.25, 0.3) is 0 Å². The van der Waals surface area contributed by atoms with Crippen molar-refractivity contribution in [1.82, 2.24) is 5.32 Å². The third-order valence-electron chi connectivity index (χ3n) is 3.95. The van der Waals surface area contributed by atoms with Gasteiger partial charge in [-0.15, -0.1) is 0 Å². The first-order chi connectivity index (χ1) is 9.95. The van der Waals surface area contributed by atoms with E-state index in [9.17, 15) is 9.59 Å². The fourth-order valence-electron chi connectivity index (χ4n) is 3.04. The second kappa shape index (κ2) is 6.74. The number of benzene rings is 1. The fraction of sp³-hybridized carbons (Fsp3) is 0.529. The number of carboxylic acids is 1. The van der Waals surface area contributed by atoms with E-state index in [4.69, 9.17) is 5.11 Å². The largest absolute Gasteiger partial charge is 0.481 e. The van der Waals surface area contributed by atoms with E-state index in [-0.39, 0.29) is 24.3 Å². The van der Waals surface area contributed by atoms with Gasteiger partial charge >= 0.3 is 5.97 Å². The van der Waals surface area contributed by atoms with E-state index in [1.807, 2.05) is 26.0 Å². The van der Waals surface area contributed by atoms with Gasteiger partial charge in [0.15, 0.2) is 0 Å². The summed E-state index contributed by atoms with van der Waals surface area (Å²) in [6.45, 7) is 4.07. The molecule has 21 heavy (non-hydrogen) atoms. The fourth-order valence-corrected chi connectivity index (χ4v) is 3.04. The van der Waals surface area contributed by atoms with Gasteiger partial charge in [-0.3, -0.25) is 9.59 Å². The third kappa shape index (κ3) is 4.31. The molecule has 0 unspecified atom stereocenters. The van der Waals surface area contributed by atoms with Crippen LogP contribution in [0, 0.1) is 11.8 Å². The van der Waals surface area contributed by atoms with Gasteiger partial charge in [-0.1, -0.05) is 38.1 Å². The van der Waals surface area contributed by atoms with Crippen molar-refractivity contribution in [3.05, 3.63) is 35.4 Å². The van der Waals surface area contributed by atoms with Crippen molar-refractivity contribution in [3.63, 3.8) is 0 Å². The number of carbonyl (C=O) groups is 2. The van der Waals surface area contributed by atoms with E-state index >= 15 is 0 Å². The lowest BCUT2D eigenvalue weighted by Crippen LogP contribution is -2.41. The number of carbonyl (C=O) groups excluding carboxylic acids is 1. The first-order valence-corrected chi connectivity index (χ1v) is 7.54. The molecule has 2 rings (SSSR count). The van der Waals surface area contributed by atoms with Crippen molar-refractivity contribution in [3.8, 4) is 0 Å². The van der Waals surface area contributed by atoms with Gasteiger partial charge in [0.05, 0.1) is 6.42 Å². The molecular weight excluding hydrogens is 266 g/mol. The van der Waals surface area contributed by atoms with Crippen LogP contribution in [0.25, 0.3) is 0 Å². The minimum absolute atomic E-state index is 0.0103. The molecule has 0 saturated heterocycles. The Morgan fingerprint density at radius 2 is 1.81 bits per heavy atom. The van der Waals surface area contributed by atoms with Crippen LogP contribution in [0.5, 0.6) is 0 Å². The number of aliphatic carboxylic acids is 1. The van der Waals surface area contributed by atoms with Gasteiger partial charge < -0.3 is 10.4 Å². The molecule has 1 aromatic rings. The standard InChI is InChI=1S/C17H23NO3/c1-11(2)7-15(10-16(19)20)18-17(21)14-8-12-5-3-4-6-13(12)9-14/h3-6,11,14-15H,7-10H2,1-2H3,(H,18,21)(H,19,20)/t15-/m0/s1. The van der Waals surface area contributed by atoms with Gasteiger partial charge in [0, 0.05) is 12.0 Å². The molecule has 1 aliphatic rings. The van der Waals surface area contributed by atoms with Crippen molar-refractivity contribution in [2.45, 2.75) is 45.6 Å². The van der Waals surface area contributed by atoms with Crippen LogP contribution in [0.15, 0.2) is 24.3 Å². The van der Waals surface area contributed by atoms with Crippen LogP contribution in [0.2, 0.25) is 0 Å². The van der Waals surface area contributed by atoms with E-state index in [2.05, 4.69) is 17.4 Å². The molecule has 0 aliphatic heterocycles. The predicted octanol–water partition coefficient (Wildman–Crippen LogP) is 2.41. The summed E-state index contributed by atoms with van der Waals surface area (Å²) in [7, 11) is 0. The van der Waals surface area contributed by atoms with Crippen molar-refractivity contribution in [2.75, 3.05) is 0 Å². The van der Waals surface area contributed by atoms with E-state index < -0.39 is 5.97 Å². The lowest BCUT2D eigenvalue weighted by molar-refractivity contribution is -0.138. The molecule has 1 amide bonds. The highest BCUT2D eigenvalue weighted by Gasteiger charge is 2.29. The zero-order valence-electron chi connectivity index (χ0n) is 12.6. The number of rotatable bonds is 6. The average molecular weight is 289 g/mol. The first-order valence-electron chi connectivity index (χ1n) is 7.54.